The summed E-state index contributed by atoms with van der Waals surface area (Å²) in [7, 11) is 0. The molecule has 0 amide bonds. The summed E-state index contributed by atoms with van der Waals surface area (Å²) < 4.78 is 2.39. The molecule has 0 bridgehead atoms. The summed E-state index contributed by atoms with van der Waals surface area (Å²) in [5.74, 6) is 0. The maximum absolute atomic E-state index is 3.75. The van der Waals surface area contributed by atoms with Crippen LogP contribution in [0.5, 0.6) is 0 Å². The van der Waals surface area contributed by atoms with Crippen LogP contribution in [0.15, 0.2) is 140 Å². The van der Waals surface area contributed by atoms with Crippen molar-refractivity contribution in [1.29, 1.82) is 0 Å². The normalized spacial score (nSPS) is 12.2. The summed E-state index contributed by atoms with van der Waals surface area (Å²) in [6.45, 7) is 0. The number of fused-ring (bicyclic) bond motifs is 7. The van der Waals surface area contributed by atoms with Crippen LogP contribution in [0, 0.1) is 0 Å². The fourth-order valence-corrected chi connectivity index (χ4v) is 6.78. The van der Waals surface area contributed by atoms with Gasteiger partial charge in [0.25, 0.3) is 0 Å². The highest BCUT2D eigenvalue weighted by molar-refractivity contribution is 6.20. The number of rotatable bonds is 2. The average Bonchev–Trinajstić information content (AvgIpc) is 3.35. The lowest BCUT2D eigenvalue weighted by Crippen LogP contribution is -2.02. The van der Waals surface area contributed by atoms with Gasteiger partial charge in [-0.05, 0) is 69.2 Å². The monoisotopic (exact) mass is 508 g/mol. The molecule has 1 aliphatic heterocycles. The summed E-state index contributed by atoms with van der Waals surface area (Å²) in [4.78, 5) is 0. The Bertz CT molecular complexity index is 2290. The Kier molecular flexibility index (Phi) is 4.36. The van der Waals surface area contributed by atoms with Gasteiger partial charge in [-0.1, -0.05) is 103 Å². The van der Waals surface area contributed by atoms with E-state index in [0.29, 0.717) is 0 Å². The van der Waals surface area contributed by atoms with Crippen molar-refractivity contribution in [3.8, 4) is 27.9 Å². The van der Waals surface area contributed by atoms with Crippen LogP contribution in [0.2, 0.25) is 0 Å². The molecule has 0 saturated carbocycles. The number of nitrogens with zero attached hydrogens (tertiary/aromatic N) is 1. The van der Waals surface area contributed by atoms with E-state index in [1.165, 1.54) is 77.0 Å². The zero-order valence-electron chi connectivity index (χ0n) is 21.7. The van der Waals surface area contributed by atoms with Crippen molar-refractivity contribution in [3.63, 3.8) is 0 Å². The van der Waals surface area contributed by atoms with Crippen molar-refractivity contribution in [1.82, 2.24) is 4.57 Å². The first kappa shape index (κ1) is 21.6. The molecule has 186 valence electrons. The van der Waals surface area contributed by atoms with Crippen LogP contribution in [-0.2, 0) is 0 Å². The number of aromatic nitrogens is 1. The number of para-hydroxylation sites is 2. The summed E-state index contributed by atoms with van der Waals surface area (Å²) in [6, 6.07) is 50.7. The van der Waals surface area contributed by atoms with Gasteiger partial charge >= 0.3 is 0 Å². The van der Waals surface area contributed by atoms with E-state index in [-0.39, 0.29) is 0 Å². The van der Waals surface area contributed by atoms with E-state index in [1.54, 1.807) is 0 Å². The molecule has 2 nitrogen and oxygen atoms in total. The van der Waals surface area contributed by atoms with E-state index in [0.717, 1.165) is 5.69 Å². The Balaban J connectivity index is 1.33. The standard InChI is InChI=1S/C38H24N2/c1-2-10-26(11-3-1)40-35-16-7-6-13-29(35)30-19-17-25(23-36(30)40)27-20-22-34-38-31(27)14-8-15-32(38)37-28-12-5-4-9-24(28)18-21-33(37)39-34/h1-23,39H. The van der Waals surface area contributed by atoms with Gasteiger partial charge in [-0.3, -0.25) is 0 Å². The second-order valence-corrected chi connectivity index (χ2v) is 10.6. The third-order valence-electron chi connectivity index (χ3n) is 8.51. The molecular formula is C38H24N2. The zero-order valence-corrected chi connectivity index (χ0v) is 21.7. The van der Waals surface area contributed by atoms with Gasteiger partial charge in [0.1, 0.15) is 0 Å². The van der Waals surface area contributed by atoms with Crippen LogP contribution < -0.4 is 5.32 Å². The molecule has 0 spiro atoms. The van der Waals surface area contributed by atoms with E-state index in [1.807, 2.05) is 0 Å². The molecule has 1 aromatic heterocycles. The van der Waals surface area contributed by atoms with Crippen molar-refractivity contribution in [2.45, 2.75) is 0 Å². The highest BCUT2D eigenvalue weighted by Gasteiger charge is 2.22. The Labute approximate surface area is 231 Å². The van der Waals surface area contributed by atoms with Crippen LogP contribution in [0.3, 0.4) is 0 Å². The molecule has 0 radical (unpaired) electrons. The second-order valence-electron chi connectivity index (χ2n) is 10.6. The number of anilines is 2. The first-order valence-electron chi connectivity index (χ1n) is 13.8. The minimum atomic E-state index is 1.16. The van der Waals surface area contributed by atoms with Crippen LogP contribution in [0.25, 0.3) is 71.3 Å². The highest BCUT2D eigenvalue weighted by Crippen LogP contribution is 2.49. The Morgan fingerprint density at radius 3 is 2.12 bits per heavy atom. The van der Waals surface area contributed by atoms with Crippen molar-refractivity contribution < 1.29 is 0 Å². The van der Waals surface area contributed by atoms with Crippen molar-refractivity contribution in [2.75, 3.05) is 5.32 Å². The van der Waals surface area contributed by atoms with Gasteiger partial charge in [0, 0.05) is 38.8 Å². The van der Waals surface area contributed by atoms with Crippen molar-refractivity contribution in [3.05, 3.63) is 140 Å². The van der Waals surface area contributed by atoms with Gasteiger partial charge in [0.05, 0.1) is 11.0 Å². The molecule has 1 N–H and O–H groups in total. The second kappa shape index (κ2) is 8.08. The molecule has 0 saturated heterocycles. The molecular weight excluding hydrogens is 484 g/mol. The quantitative estimate of drug-likeness (QED) is 0.246. The maximum atomic E-state index is 3.75. The predicted octanol–water partition coefficient (Wildman–Crippen LogP) is 10.5. The lowest BCUT2D eigenvalue weighted by molar-refractivity contribution is 1.18. The van der Waals surface area contributed by atoms with Crippen LogP contribution in [-0.4, -0.2) is 4.57 Å². The number of hydrogen-bond donors (Lipinski definition) is 1. The largest absolute Gasteiger partial charge is 0.354 e. The third kappa shape index (κ3) is 2.93. The van der Waals surface area contributed by atoms with Gasteiger partial charge in [0.2, 0.25) is 0 Å². The lowest BCUT2D eigenvalue weighted by Gasteiger charge is -2.25. The molecule has 0 unspecified atom stereocenters. The molecule has 8 aromatic rings. The molecule has 9 rings (SSSR count). The molecule has 0 aliphatic carbocycles. The van der Waals surface area contributed by atoms with Gasteiger partial charge < -0.3 is 9.88 Å². The number of hydrogen-bond acceptors (Lipinski definition) is 1. The van der Waals surface area contributed by atoms with Crippen LogP contribution in [0.1, 0.15) is 0 Å². The number of benzene rings is 7. The minimum Gasteiger partial charge on any atom is -0.354 e. The van der Waals surface area contributed by atoms with Gasteiger partial charge in [-0.15, -0.1) is 0 Å². The Morgan fingerprint density at radius 1 is 0.450 bits per heavy atom. The molecule has 0 atom stereocenters. The zero-order chi connectivity index (χ0) is 26.2. The first-order chi connectivity index (χ1) is 19.8. The fraction of sp³-hybridized carbons (Fsp3) is 0. The van der Waals surface area contributed by atoms with E-state index < -0.39 is 0 Å². The lowest BCUT2D eigenvalue weighted by atomic mass is 9.86. The first-order valence-corrected chi connectivity index (χ1v) is 13.8. The molecule has 2 heterocycles. The van der Waals surface area contributed by atoms with Gasteiger partial charge in [0.15, 0.2) is 0 Å². The third-order valence-corrected chi connectivity index (χ3v) is 8.51. The SMILES string of the molecule is c1ccc(-n2c3ccccc3c3ccc(-c4ccc5c6c(cccc46)-c4c(ccc6ccccc46)N5)cc32)cc1. The van der Waals surface area contributed by atoms with E-state index in [4.69, 9.17) is 0 Å². The van der Waals surface area contributed by atoms with Crippen molar-refractivity contribution in [2.24, 2.45) is 0 Å². The van der Waals surface area contributed by atoms with E-state index >= 15 is 0 Å². The number of nitrogens with one attached hydrogen (secondary N) is 1. The summed E-state index contributed by atoms with van der Waals surface area (Å²) >= 11 is 0. The Hall–Kier alpha value is -5.34. The Morgan fingerprint density at radius 2 is 1.20 bits per heavy atom. The fourth-order valence-electron chi connectivity index (χ4n) is 6.78. The molecule has 7 aromatic carbocycles. The minimum absolute atomic E-state index is 1.16. The molecule has 1 aliphatic rings. The summed E-state index contributed by atoms with van der Waals surface area (Å²) in [5.41, 5.74) is 11.0. The van der Waals surface area contributed by atoms with Gasteiger partial charge in [-0.2, -0.15) is 0 Å². The van der Waals surface area contributed by atoms with Crippen molar-refractivity contribution >= 4 is 54.7 Å². The highest BCUT2D eigenvalue weighted by atomic mass is 15.0. The van der Waals surface area contributed by atoms with E-state index in [9.17, 15) is 0 Å². The van der Waals surface area contributed by atoms with Crippen LogP contribution >= 0.6 is 0 Å². The average molecular weight is 509 g/mol. The topological polar surface area (TPSA) is 17.0 Å². The van der Waals surface area contributed by atoms with Gasteiger partial charge in [-0.25, -0.2) is 0 Å². The summed E-state index contributed by atoms with van der Waals surface area (Å²) in [6.07, 6.45) is 0. The molecule has 40 heavy (non-hydrogen) atoms. The molecule has 2 heteroatoms. The predicted molar refractivity (Wildman–Crippen MR) is 170 cm³/mol. The maximum Gasteiger partial charge on any atom is 0.0547 e. The smallest absolute Gasteiger partial charge is 0.0547 e. The summed E-state index contributed by atoms with van der Waals surface area (Å²) in [5, 5.41) is 11.4. The van der Waals surface area contributed by atoms with E-state index in [2.05, 4.69) is 149 Å². The van der Waals surface area contributed by atoms with Crippen LogP contribution in [0.4, 0.5) is 11.4 Å². The molecule has 0 fully saturated rings.